The first-order valence-corrected chi connectivity index (χ1v) is 12.9. The Balaban J connectivity index is 1.41. The van der Waals surface area contributed by atoms with Gasteiger partial charge in [-0.25, -0.2) is 4.98 Å². The van der Waals surface area contributed by atoms with Crippen LogP contribution in [0, 0.1) is 13.8 Å². The molecule has 1 N–H and O–H groups in total. The fourth-order valence-electron chi connectivity index (χ4n) is 4.16. The van der Waals surface area contributed by atoms with E-state index in [1.165, 1.54) is 0 Å². The highest BCUT2D eigenvalue weighted by Crippen LogP contribution is 2.26. The van der Waals surface area contributed by atoms with E-state index in [4.69, 9.17) is 21.3 Å². The number of hydrogen-bond donors (Lipinski definition) is 1. The van der Waals surface area contributed by atoms with Crippen LogP contribution in [-0.2, 0) is 6.54 Å². The molecule has 1 atom stereocenters. The Morgan fingerprint density at radius 1 is 1.09 bits per heavy atom. The van der Waals surface area contributed by atoms with Crippen molar-refractivity contribution in [2.75, 3.05) is 6.61 Å². The summed E-state index contributed by atoms with van der Waals surface area (Å²) in [4.78, 5) is 17.6. The van der Waals surface area contributed by atoms with Crippen LogP contribution in [0.25, 0.3) is 11.0 Å². The predicted molar refractivity (Wildman–Crippen MR) is 145 cm³/mol. The van der Waals surface area contributed by atoms with Crippen molar-refractivity contribution >= 4 is 44.5 Å². The summed E-state index contributed by atoms with van der Waals surface area (Å²) in [5.74, 6) is 1.58. The molecule has 1 aromatic heterocycles. The number of fused-ring (bicyclic) bond motifs is 1. The van der Waals surface area contributed by atoms with Gasteiger partial charge in [0.05, 0.1) is 23.7 Å². The number of unbranched alkanes of at least 4 members (excludes halogenated alkanes) is 1. The topological polar surface area (TPSA) is 56.1 Å². The zero-order valence-electron chi connectivity index (χ0n) is 20.1. The van der Waals surface area contributed by atoms with Crippen LogP contribution >= 0.6 is 27.5 Å². The smallest absolute Gasteiger partial charge is 0.251 e. The molecule has 1 unspecified atom stereocenters. The average Bonchev–Trinajstić information content (AvgIpc) is 3.21. The van der Waals surface area contributed by atoms with Crippen molar-refractivity contribution in [2.45, 2.75) is 46.2 Å². The second-order valence-electron chi connectivity index (χ2n) is 8.74. The zero-order valence-corrected chi connectivity index (χ0v) is 22.5. The Bertz CT molecular complexity index is 1310. The molecule has 4 rings (SSSR count). The van der Waals surface area contributed by atoms with Gasteiger partial charge in [-0.3, -0.25) is 4.79 Å². The number of carbonyl (C=O) groups is 1. The number of carbonyl (C=O) groups excluding carboxylic acids is 1. The standard InChI is InChI=1S/C28H29BrClN3O2/c1-18-16-23(17-19(2)26(18)30)35-15-7-6-14-33-25-9-5-4-8-24(25)32-27(33)20(3)31-28(34)21-10-12-22(29)13-11-21/h4-5,8-13,16-17,20H,6-7,14-15H2,1-3H3,(H,31,34). The van der Waals surface area contributed by atoms with Crippen LogP contribution in [0.3, 0.4) is 0 Å². The second kappa shape index (κ2) is 11.3. The number of amides is 1. The number of para-hydroxylation sites is 2. The third kappa shape index (κ3) is 6.06. The Hall–Kier alpha value is -2.83. The predicted octanol–water partition coefficient (Wildman–Crippen LogP) is 7.42. The van der Waals surface area contributed by atoms with Crippen molar-refractivity contribution in [3.63, 3.8) is 0 Å². The van der Waals surface area contributed by atoms with Gasteiger partial charge in [0.15, 0.2) is 0 Å². The normalized spacial score (nSPS) is 12.0. The highest BCUT2D eigenvalue weighted by molar-refractivity contribution is 9.10. The minimum atomic E-state index is -0.241. The number of nitrogens with one attached hydrogen (secondary N) is 1. The van der Waals surface area contributed by atoms with E-state index in [0.717, 1.165) is 62.6 Å². The molecule has 0 saturated heterocycles. The van der Waals surface area contributed by atoms with Crippen LogP contribution in [0.5, 0.6) is 5.75 Å². The van der Waals surface area contributed by atoms with Crippen LogP contribution in [-0.4, -0.2) is 22.1 Å². The van der Waals surface area contributed by atoms with Crippen LogP contribution < -0.4 is 10.1 Å². The second-order valence-corrected chi connectivity index (χ2v) is 10.0. The van der Waals surface area contributed by atoms with Crippen LogP contribution in [0.2, 0.25) is 5.02 Å². The maximum atomic E-state index is 12.8. The van der Waals surface area contributed by atoms with Crippen molar-refractivity contribution in [1.29, 1.82) is 0 Å². The molecule has 4 aromatic rings. The Labute approximate surface area is 219 Å². The molecule has 0 bridgehead atoms. The van der Waals surface area contributed by atoms with Crippen molar-refractivity contribution in [1.82, 2.24) is 14.9 Å². The van der Waals surface area contributed by atoms with Gasteiger partial charge in [0.25, 0.3) is 5.91 Å². The Morgan fingerprint density at radius 2 is 1.77 bits per heavy atom. The fourth-order valence-corrected chi connectivity index (χ4v) is 4.53. The molecule has 35 heavy (non-hydrogen) atoms. The molecule has 1 amide bonds. The first-order valence-electron chi connectivity index (χ1n) is 11.7. The summed E-state index contributed by atoms with van der Waals surface area (Å²) in [5.41, 5.74) is 4.66. The van der Waals surface area contributed by atoms with E-state index in [9.17, 15) is 4.79 Å². The third-order valence-corrected chi connectivity index (χ3v) is 7.10. The van der Waals surface area contributed by atoms with Crippen molar-refractivity contribution in [3.05, 3.63) is 92.7 Å². The van der Waals surface area contributed by atoms with E-state index in [1.807, 2.05) is 63.2 Å². The van der Waals surface area contributed by atoms with E-state index in [2.05, 4.69) is 31.9 Å². The van der Waals surface area contributed by atoms with Gasteiger partial charge < -0.3 is 14.6 Å². The maximum Gasteiger partial charge on any atom is 0.251 e. The molecule has 1 heterocycles. The van der Waals surface area contributed by atoms with Crippen LogP contribution in [0.4, 0.5) is 0 Å². The Morgan fingerprint density at radius 3 is 2.49 bits per heavy atom. The highest BCUT2D eigenvalue weighted by atomic mass is 79.9. The number of ether oxygens (including phenoxy) is 1. The highest BCUT2D eigenvalue weighted by Gasteiger charge is 2.19. The van der Waals surface area contributed by atoms with Crippen LogP contribution in [0.1, 0.15) is 53.1 Å². The largest absolute Gasteiger partial charge is 0.494 e. The lowest BCUT2D eigenvalue weighted by molar-refractivity contribution is 0.0937. The van der Waals surface area contributed by atoms with Gasteiger partial charge in [-0.05, 0) is 93.3 Å². The lowest BCUT2D eigenvalue weighted by atomic mass is 10.1. The number of benzene rings is 3. The SMILES string of the molecule is Cc1cc(OCCCCn2c(C(C)NC(=O)c3ccc(Br)cc3)nc3ccccc32)cc(C)c1Cl. The lowest BCUT2D eigenvalue weighted by Gasteiger charge is -2.17. The van der Waals surface area contributed by atoms with Crippen molar-refractivity contribution in [3.8, 4) is 5.75 Å². The summed E-state index contributed by atoms with van der Waals surface area (Å²) in [7, 11) is 0. The number of halogens is 2. The number of aromatic nitrogens is 2. The zero-order chi connectivity index (χ0) is 24.9. The molecule has 0 saturated carbocycles. The van der Waals surface area contributed by atoms with Gasteiger partial charge in [-0.1, -0.05) is 39.7 Å². The fraction of sp³-hybridized carbons (Fsp3) is 0.286. The number of rotatable bonds is 9. The molecule has 7 heteroatoms. The summed E-state index contributed by atoms with van der Waals surface area (Å²) in [6.45, 7) is 7.37. The molecule has 0 aliphatic rings. The van der Waals surface area contributed by atoms with Crippen molar-refractivity contribution < 1.29 is 9.53 Å². The molecule has 0 fully saturated rings. The molecule has 182 valence electrons. The average molecular weight is 555 g/mol. The summed E-state index contributed by atoms with van der Waals surface area (Å²) in [5, 5.41) is 3.89. The number of nitrogens with zero attached hydrogens (tertiary/aromatic N) is 2. The molecular formula is C28H29BrClN3O2. The summed E-state index contributed by atoms with van der Waals surface area (Å²) < 4.78 is 9.12. The van der Waals surface area contributed by atoms with Gasteiger partial charge >= 0.3 is 0 Å². The van der Waals surface area contributed by atoms with E-state index < -0.39 is 0 Å². The van der Waals surface area contributed by atoms with Crippen LogP contribution in [0.15, 0.2) is 65.1 Å². The monoisotopic (exact) mass is 553 g/mol. The van der Waals surface area contributed by atoms with E-state index in [0.29, 0.717) is 12.2 Å². The molecule has 0 radical (unpaired) electrons. The number of imidazole rings is 1. The summed E-state index contributed by atoms with van der Waals surface area (Å²) >= 11 is 9.67. The van der Waals surface area contributed by atoms with E-state index in [-0.39, 0.29) is 11.9 Å². The Kier molecular flexibility index (Phi) is 8.14. The maximum absolute atomic E-state index is 12.8. The number of aryl methyl sites for hydroxylation is 3. The molecule has 0 aliphatic carbocycles. The minimum absolute atomic E-state index is 0.120. The number of hydrogen-bond acceptors (Lipinski definition) is 3. The van der Waals surface area contributed by atoms with Gasteiger partial charge in [0, 0.05) is 21.6 Å². The summed E-state index contributed by atoms with van der Waals surface area (Å²) in [6.07, 6.45) is 1.82. The molecule has 5 nitrogen and oxygen atoms in total. The van der Waals surface area contributed by atoms with E-state index in [1.54, 1.807) is 12.1 Å². The van der Waals surface area contributed by atoms with Crippen molar-refractivity contribution in [2.24, 2.45) is 0 Å². The van der Waals surface area contributed by atoms with Gasteiger partial charge in [-0.2, -0.15) is 0 Å². The summed E-state index contributed by atoms with van der Waals surface area (Å²) in [6, 6.07) is 19.1. The molecule has 0 aliphatic heterocycles. The molecule has 3 aromatic carbocycles. The first-order chi connectivity index (χ1) is 16.8. The quantitative estimate of drug-likeness (QED) is 0.219. The first kappa shape index (κ1) is 25.3. The van der Waals surface area contributed by atoms with Gasteiger partial charge in [0.1, 0.15) is 11.6 Å². The van der Waals surface area contributed by atoms with E-state index >= 15 is 0 Å². The third-order valence-electron chi connectivity index (χ3n) is 5.98. The van der Waals surface area contributed by atoms with Gasteiger partial charge in [0.2, 0.25) is 0 Å². The minimum Gasteiger partial charge on any atom is -0.494 e. The molecular weight excluding hydrogens is 526 g/mol. The molecule has 0 spiro atoms. The lowest BCUT2D eigenvalue weighted by Crippen LogP contribution is -2.28. The van der Waals surface area contributed by atoms with Gasteiger partial charge in [-0.15, -0.1) is 0 Å².